The van der Waals surface area contributed by atoms with Crippen LogP contribution in [0, 0.1) is 0 Å². The molecule has 0 radical (unpaired) electrons. The van der Waals surface area contributed by atoms with Crippen molar-refractivity contribution in [1.82, 2.24) is 15.0 Å². The zero-order valence-electron chi connectivity index (χ0n) is 27.7. The number of furan rings is 2. The van der Waals surface area contributed by atoms with Gasteiger partial charge in [0.05, 0.1) is 0 Å². The Hall–Kier alpha value is -7.11. The summed E-state index contributed by atoms with van der Waals surface area (Å²) in [5, 5.41) is 8.80. The third-order valence-electron chi connectivity index (χ3n) is 10.1. The predicted octanol–water partition coefficient (Wildman–Crippen LogP) is 12.6. The lowest BCUT2D eigenvalue weighted by molar-refractivity contribution is 0.669. The maximum Gasteiger partial charge on any atom is 0.164 e. The van der Waals surface area contributed by atoms with Gasteiger partial charge in [-0.05, 0) is 93.3 Å². The van der Waals surface area contributed by atoms with E-state index in [0.29, 0.717) is 17.5 Å². The summed E-state index contributed by atoms with van der Waals surface area (Å²) in [4.78, 5) is 15.3. The monoisotopic (exact) mass is 665 g/mol. The molecule has 11 rings (SSSR count). The summed E-state index contributed by atoms with van der Waals surface area (Å²) in [6, 6.07) is 56.5. The first kappa shape index (κ1) is 28.7. The van der Waals surface area contributed by atoms with Gasteiger partial charge in [-0.3, -0.25) is 0 Å². The van der Waals surface area contributed by atoms with Gasteiger partial charge in [-0.25, -0.2) is 15.0 Å². The van der Waals surface area contributed by atoms with E-state index in [4.69, 9.17) is 23.8 Å². The summed E-state index contributed by atoms with van der Waals surface area (Å²) in [7, 11) is 0. The molecule has 0 aliphatic heterocycles. The van der Waals surface area contributed by atoms with Crippen LogP contribution in [0.5, 0.6) is 0 Å². The molecule has 242 valence electrons. The van der Waals surface area contributed by atoms with Crippen molar-refractivity contribution in [1.29, 1.82) is 0 Å². The summed E-state index contributed by atoms with van der Waals surface area (Å²) in [5.74, 6) is 1.78. The van der Waals surface area contributed by atoms with E-state index < -0.39 is 0 Å². The molecule has 5 nitrogen and oxygen atoms in total. The fourth-order valence-electron chi connectivity index (χ4n) is 7.41. The van der Waals surface area contributed by atoms with E-state index in [1.807, 2.05) is 30.3 Å². The lowest BCUT2D eigenvalue weighted by Crippen LogP contribution is -2.00. The molecular formula is C47H27N3O2. The molecule has 5 heteroatoms. The minimum atomic E-state index is 0.590. The quantitative estimate of drug-likeness (QED) is 0.187. The molecule has 3 aromatic heterocycles. The summed E-state index contributed by atoms with van der Waals surface area (Å²) >= 11 is 0. The van der Waals surface area contributed by atoms with Crippen LogP contribution in [0.4, 0.5) is 0 Å². The molecule has 0 fully saturated rings. The van der Waals surface area contributed by atoms with Crippen molar-refractivity contribution < 1.29 is 8.83 Å². The summed E-state index contributed by atoms with van der Waals surface area (Å²) in [6.45, 7) is 0. The van der Waals surface area contributed by atoms with Crippen LogP contribution in [0.15, 0.2) is 173 Å². The maximum absolute atomic E-state index is 6.32. The third-order valence-corrected chi connectivity index (χ3v) is 10.1. The SMILES string of the molecule is c1ccc(-c2ccc(-c3nc(-c4ccc5oc6cc7ccccc7cc6c5c4)nc(-c4ccc5oc6cc7ccccc7cc6c5c4)n3)cc2)cc1. The van der Waals surface area contributed by atoms with Gasteiger partial charge in [-0.1, -0.05) is 103 Å². The molecule has 3 heterocycles. The largest absolute Gasteiger partial charge is 0.456 e. The number of benzene rings is 8. The van der Waals surface area contributed by atoms with E-state index in [2.05, 4.69) is 133 Å². The first-order chi connectivity index (χ1) is 25.7. The van der Waals surface area contributed by atoms with Crippen molar-refractivity contribution in [2.75, 3.05) is 0 Å². The van der Waals surface area contributed by atoms with Crippen LogP contribution >= 0.6 is 0 Å². The second-order valence-electron chi connectivity index (χ2n) is 13.3. The van der Waals surface area contributed by atoms with Gasteiger partial charge in [0.25, 0.3) is 0 Å². The smallest absolute Gasteiger partial charge is 0.164 e. The molecule has 0 spiro atoms. The highest BCUT2D eigenvalue weighted by Gasteiger charge is 2.17. The molecule has 52 heavy (non-hydrogen) atoms. The van der Waals surface area contributed by atoms with Crippen LogP contribution < -0.4 is 0 Å². The molecule has 0 saturated carbocycles. The van der Waals surface area contributed by atoms with Crippen molar-refractivity contribution in [3.05, 3.63) is 164 Å². The lowest BCUT2D eigenvalue weighted by atomic mass is 10.0. The topological polar surface area (TPSA) is 65.0 Å². The highest BCUT2D eigenvalue weighted by atomic mass is 16.3. The van der Waals surface area contributed by atoms with Crippen LogP contribution in [0.25, 0.3) is 111 Å². The van der Waals surface area contributed by atoms with Gasteiger partial charge in [-0.2, -0.15) is 0 Å². The van der Waals surface area contributed by atoms with Gasteiger partial charge in [-0.15, -0.1) is 0 Å². The van der Waals surface area contributed by atoms with Gasteiger partial charge < -0.3 is 8.83 Å². The van der Waals surface area contributed by atoms with E-state index in [0.717, 1.165) is 82.5 Å². The second kappa shape index (κ2) is 11.2. The van der Waals surface area contributed by atoms with Crippen LogP contribution in [0.2, 0.25) is 0 Å². The summed E-state index contributed by atoms with van der Waals surface area (Å²) in [6.07, 6.45) is 0. The molecule has 0 bridgehead atoms. The van der Waals surface area contributed by atoms with E-state index >= 15 is 0 Å². The Kier molecular flexibility index (Phi) is 6.18. The highest BCUT2D eigenvalue weighted by molar-refractivity contribution is 6.12. The zero-order valence-corrected chi connectivity index (χ0v) is 27.7. The Bertz CT molecular complexity index is 3010. The molecular weight excluding hydrogens is 639 g/mol. The first-order valence-corrected chi connectivity index (χ1v) is 17.3. The Morgan fingerprint density at radius 3 is 1.13 bits per heavy atom. The van der Waals surface area contributed by atoms with Gasteiger partial charge in [0.2, 0.25) is 0 Å². The van der Waals surface area contributed by atoms with Gasteiger partial charge in [0.15, 0.2) is 17.5 Å². The van der Waals surface area contributed by atoms with Crippen molar-refractivity contribution in [3.8, 4) is 45.3 Å². The average Bonchev–Trinajstić information content (AvgIpc) is 3.75. The summed E-state index contributed by atoms with van der Waals surface area (Å²) < 4.78 is 12.6. The van der Waals surface area contributed by atoms with Crippen molar-refractivity contribution in [2.24, 2.45) is 0 Å². The number of fused-ring (bicyclic) bond motifs is 8. The molecule has 0 atom stereocenters. The Labute approximate surface area is 297 Å². The molecule has 0 N–H and O–H groups in total. The number of nitrogens with zero attached hydrogens (tertiary/aromatic N) is 3. The molecule has 0 aliphatic carbocycles. The normalized spacial score (nSPS) is 11.8. The van der Waals surface area contributed by atoms with Crippen LogP contribution in [-0.2, 0) is 0 Å². The third kappa shape index (κ3) is 4.67. The lowest BCUT2D eigenvalue weighted by Gasteiger charge is -2.09. The Morgan fingerprint density at radius 2 is 0.635 bits per heavy atom. The predicted molar refractivity (Wildman–Crippen MR) is 211 cm³/mol. The highest BCUT2D eigenvalue weighted by Crippen LogP contribution is 2.37. The van der Waals surface area contributed by atoms with E-state index in [-0.39, 0.29) is 0 Å². The van der Waals surface area contributed by atoms with Crippen molar-refractivity contribution in [3.63, 3.8) is 0 Å². The molecule has 0 unspecified atom stereocenters. The van der Waals surface area contributed by atoms with Gasteiger partial charge in [0, 0.05) is 38.2 Å². The van der Waals surface area contributed by atoms with Crippen LogP contribution in [0.1, 0.15) is 0 Å². The average molecular weight is 666 g/mol. The fraction of sp³-hybridized carbons (Fsp3) is 0. The van der Waals surface area contributed by atoms with Gasteiger partial charge in [0.1, 0.15) is 22.3 Å². The second-order valence-corrected chi connectivity index (χ2v) is 13.3. The number of rotatable bonds is 4. The number of aromatic nitrogens is 3. The number of hydrogen-bond donors (Lipinski definition) is 0. The molecule has 8 aromatic carbocycles. The Balaban J connectivity index is 1.09. The molecule has 0 saturated heterocycles. The first-order valence-electron chi connectivity index (χ1n) is 17.3. The molecule has 0 amide bonds. The van der Waals surface area contributed by atoms with E-state index in [9.17, 15) is 0 Å². The zero-order chi connectivity index (χ0) is 34.2. The fourth-order valence-corrected chi connectivity index (χ4v) is 7.41. The number of hydrogen-bond acceptors (Lipinski definition) is 5. The van der Waals surface area contributed by atoms with E-state index in [1.165, 1.54) is 10.8 Å². The molecule has 11 aromatic rings. The van der Waals surface area contributed by atoms with E-state index in [1.54, 1.807) is 0 Å². The minimum absolute atomic E-state index is 0.590. The van der Waals surface area contributed by atoms with Crippen molar-refractivity contribution in [2.45, 2.75) is 0 Å². The van der Waals surface area contributed by atoms with Crippen molar-refractivity contribution >= 4 is 65.4 Å². The standard InChI is InChI=1S/C47H27N3O2/c1-2-8-28(9-3-1)29-14-16-30(17-15-29)45-48-46(35-18-20-41-37(24-35)39-22-31-10-4-6-12-33(31)26-43(39)51-41)50-47(49-45)36-19-21-42-38(25-36)40-23-32-11-5-7-13-34(32)27-44(40)52-42/h1-27H. The molecule has 0 aliphatic rings. The van der Waals surface area contributed by atoms with Gasteiger partial charge >= 0.3 is 0 Å². The van der Waals surface area contributed by atoms with Crippen LogP contribution in [0.3, 0.4) is 0 Å². The van der Waals surface area contributed by atoms with Crippen LogP contribution in [-0.4, -0.2) is 15.0 Å². The minimum Gasteiger partial charge on any atom is -0.456 e. The maximum atomic E-state index is 6.32. The summed E-state index contributed by atoms with van der Waals surface area (Å²) in [5.41, 5.74) is 8.33. The Morgan fingerprint density at radius 1 is 0.269 bits per heavy atom.